The number of benzene rings is 1. The van der Waals surface area contributed by atoms with Gasteiger partial charge < -0.3 is 11.5 Å². The van der Waals surface area contributed by atoms with Gasteiger partial charge in [-0.15, -0.1) is 0 Å². The fourth-order valence-corrected chi connectivity index (χ4v) is 2.41. The van der Waals surface area contributed by atoms with Crippen LogP contribution >= 0.6 is 0 Å². The fourth-order valence-electron chi connectivity index (χ4n) is 2.41. The summed E-state index contributed by atoms with van der Waals surface area (Å²) in [5, 5.41) is 0. The molecule has 0 aliphatic rings. The molecule has 0 fully saturated rings. The Balaban J connectivity index is 2.19. The van der Waals surface area contributed by atoms with E-state index in [4.69, 9.17) is 11.5 Å². The minimum absolute atomic E-state index is 0.0804. The lowest BCUT2D eigenvalue weighted by Gasteiger charge is -2.13. The van der Waals surface area contributed by atoms with Gasteiger partial charge in [0, 0.05) is 47.3 Å². The fraction of sp³-hybridized carbons (Fsp3) is 0. The first-order valence-corrected chi connectivity index (χ1v) is 7.17. The molecular formula is C18H14N4O2. The Labute approximate surface area is 138 Å². The standard InChI is InChI=1S/C18H14N4O2/c19-13-5-6-14(20)16(18(24)12-4-2-8-22-10-12)15(13)17(23)11-3-1-7-21-9-11/h1-10H,19-20H2. The monoisotopic (exact) mass is 318 g/mol. The molecule has 0 saturated carbocycles. The van der Waals surface area contributed by atoms with E-state index in [0.29, 0.717) is 11.1 Å². The molecule has 0 bridgehead atoms. The first kappa shape index (κ1) is 15.4. The highest BCUT2D eigenvalue weighted by Gasteiger charge is 2.24. The number of pyridine rings is 2. The van der Waals surface area contributed by atoms with Gasteiger partial charge >= 0.3 is 0 Å². The Kier molecular flexibility index (Phi) is 4.03. The SMILES string of the molecule is Nc1ccc(N)c(C(=O)c2cccnc2)c1C(=O)c1cccnc1. The molecule has 1 aromatic carbocycles. The van der Waals surface area contributed by atoms with Crippen molar-refractivity contribution in [1.29, 1.82) is 0 Å². The summed E-state index contributed by atoms with van der Waals surface area (Å²) in [6.07, 6.45) is 5.95. The van der Waals surface area contributed by atoms with E-state index >= 15 is 0 Å². The van der Waals surface area contributed by atoms with Gasteiger partial charge in [0.05, 0.1) is 11.1 Å². The van der Waals surface area contributed by atoms with Crippen molar-refractivity contribution in [3.05, 3.63) is 83.4 Å². The van der Waals surface area contributed by atoms with Gasteiger partial charge in [0.1, 0.15) is 0 Å². The van der Waals surface area contributed by atoms with E-state index in [-0.39, 0.29) is 22.5 Å². The second-order valence-electron chi connectivity index (χ2n) is 5.14. The molecule has 3 aromatic rings. The lowest BCUT2D eigenvalue weighted by atomic mass is 9.91. The molecule has 2 heterocycles. The van der Waals surface area contributed by atoms with E-state index in [1.54, 1.807) is 36.7 Å². The molecule has 0 atom stereocenters. The number of nitrogens with zero attached hydrogens (tertiary/aromatic N) is 2. The normalized spacial score (nSPS) is 10.3. The summed E-state index contributed by atoms with van der Waals surface area (Å²) in [5.74, 6) is -0.805. The number of nitrogen functional groups attached to an aromatic ring is 2. The molecule has 3 rings (SSSR count). The topological polar surface area (TPSA) is 112 Å². The van der Waals surface area contributed by atoms with Gasteiger partial charge in [0.25, 0.3) is 0 Å². The van der Waals surface area contributed by atoms with Gasteiger partial charge in [-0.1, -0.05) is 0 Å². The number of ketones is 2. The van der Waals surface area contributed by atoms with E-state index in [1.807, 2.05) is 0 Å². The van der Waals surface area contributed by atoms with E-state index in [9.17, 15) is 9.59 Å². The second kappa shape index (κ2) is 6.29. The lowest BCUT2D eigenvalue weighted by Crippen LogP contribution is -2.16. The highest BCUT2D eigenvalue weighted by Crippen LogP contribution is 2.28. The van der Waals surface area contributed by atoms with Crippen LogP contribution in [0.15, 0.2) is 61.2 Å². The summed E-state index contributed by atoms with van der Waals surface area (Å²) in [6, 6.07) is 9.52. The minimum Gasteiger partial charge on any atom is -0.398 e. The van der Waals surface area contributed by atoms with Crippen LogP contribution < -0.4 is 11.5 Å². The van der Waals surface area contributed by atoms with Crippen molar-refractivity contribution >= 4 is 22.9 Å². The van der Waals surface area contributed by atoms with Crippen LogP contribution in [0, 0.1) is 0 Å². The zero-order valence-electron chi connectivity index (χ0n) is 12.6. The third-order valence-corrected chi connectivity index (χ3v) is 3.57. The average Bonchev–Trinajstić information content (AvgIpc) is 2.63. The maximum absolute atomic E-state index is 12.8. The third kappa shape index (κ3) is 2.72. The summed E-state index contributed by atoms with van der Waals surface area (Å²) < 4.78 is 0. The number of anilines is 2. The van der Waals surface area contributed by atoms with Gasteiger partial charge in [0.2, 0.25) is 0 Å². The number of hydrogen-bond acceptors (Lipinski definition) is 6. The first-order valence-electron chi connectivity index (χ1n) is 7.17. The van der Waals surface area contributed by atoms with Crippen LogP contribution in [0.4, 0.5) is 11.4 Å². The Hall–Kier alpha value is -3.54. The number of aromatic nitrogens is 2. The number of rotatable bonds is 4. The molecule has 6 heteroatoms. The van der Waals surface area contributed by atoms with Gasteiger partial charge in [-0.2, -0.15) is 0 Å². The second-order valence-corrected chi connectivity index (χ2v) is 5.14. The predicted octanol–water partition coefficient (Wildman–Crippen LogP) is 2.10. The highest BCUT2D eigenvalue weighted by molar-refractivity contribution is 6.23. The van der Waals surface area contributed by atoms with Crippen molar-refractivity contribution in [2.24, 2.45) is 0 Å². The third-order valence-electron chi connectivity index (χ3n) is 3.57. The molecule has 2 aromatic heterocycles. The quantitative estimate of drug-likeness (QED) is 0.563. The lowest BCUT2D eigenvalue weighted by molar-refractivity contribution is 0.100. The Morgan fingerprint density at radius 1 is 0.708 bits per heavy atom. The number of carbonyl (C=O) groups is 2. The van der Waals surface area contributed by atoms with E-state index in [1.165, 1.54) is 24.5 Å². The predicted molar refractivity (Wildman–Crippen MR) is 90.6 cm³/mol. The number of carbonyl (C=O) groups excluding carboxylic acids is 2. The molecule has 24 heavy (non-hydrogen) atoms. The van der Waals surface area contributed by atoms with Crippen molar-refractivity contribution in [3.63, 3.8) is 0 Å². The summed E-state index contributed by atoms with van der Waals surface area (Å²) >= 11 is 0. The Morgan fingerprint density at radius 2 is 1.12 bits per heavy atom. The number of hydrogen-bond donors (Lipinski definition) is 2. The molecule has 0 amide bonds. The van der Waals surface area contributed by atoms with Gasteiger partial charge in [-0.3, -0.25) is 19.6 Å². The van der Waals surface area contributed by atoms with Gasteiger partial charge in [-0.05, 0) is 36.4 Å². The van der Waals surface area contributed by atoms with Crippen molar-refractivity contribution in [1.82, 2.24) is 9.97 Å². The smallest absolute Gasteiger partial charge is 0.197 e. The maximum atomic E-state index is 12.8. The van der Waals surface area contributed by atoms with Crippen LogP contribution in [-0.2, 0) is 0 Å². The maximum Gasteiger partial charge on any atom is 0.197 e. The van der Waals surface area contributed by atoms with Crippen molar-refractivity contribution in [3.8, 4) is 0 Å². The highest BCUT2D eigenvalue weighted by atomic mass is 16.1. The molecular weight excluding hydrogens is 304 g/mol. The van der Waals surface area contributed by atoms with E-state index < -0.39 is 11.6 Å². The molecule has 0 aliphatic heterocycles. The van der Waals surface area contributed by atoms with Gasteiger partial charge in [0.15, 0.2) is 11.6 Å². The molecule has 0 unspecified atom stereocenters. The minimum atomic E-state index is -0.403. The summed E-state index contributed by atoms with van der Waals surface area (Å²) in [5.41, 5.74) is 13.1. The van der Waals surface area contributed by atoms with E-state index in [0.717, 1.165) is 0 Å². The van der Waals surface area contributed by atoms with Crippen molar-refractivity contribution in [2.75, 3.05) is 11.5 Å². The van der Waals surface area contributed by atoms with Gasteiger partial charge in [-0.25, -0.2) is 0 Å². The summed E-state index contributed by atoms with van der Waals surface area (Å²) in [6.45, 7) is 0. The first-order chi connectivity index (χ1) is 11.6. The molecule has 118 valence electrons. The molecule has 6 nitrogen and oxygen atoms in total. The van der Waals surface area contributed by atoms with Crippen LogP contribution in [0.3, 0.4) is 0 Å². The van der Waals surface area contributed by atoms with Crippen molar-refractivity contribution in [2.45, 2.75) is 0 Å². The van der Waals surface area contributed by atoms with Crippen molar-refractivity contribution < 1.29 is 9.59 Å². The molecule has 0 saturated heterocycles. The van der Waals surface area contributed by atoms with Crippen LogP contribution in [0.25, 0.3) is 0 Å². The summed E-state index contributed by atoms with van der Waals surface area (Å²) in [7, 11) is 0. The van der Waals surface area contributed by atoms with Crippen LogP contribution in [0.2, 0.25) is 0 Å². The molecule has 0 radical (unpaired) electrons. The molecule has 0 aliphatic carbocycles. The average molecular weight is 318 g/mol. The summed E-state index contributed by atoms with van der Waals surface area (Å²) in [4.78, 5) is 33.5. The largest absolute Gasteiger partial charge is 0.398 e. The zero-order chi connectivity index (χ0) is 17.1. The van der Waals surface area contributed by atoms with Crippen LogP contribution in [0.5, 0.6) is 0 Å². The van der Waals surface area contributed by atoms with Crippen LogP contribution in [0.1, 0.15) is 31.8 Å². The Morgan fingerprint density at radius 3 is 1.46 bits per heavy atom. The molecule has 0 spiro atoms. The zero-order valence-corrected chi connectivity index (χ0v) is 12.6. The molecule has 4 N–H and O–H groups in total. The van der Waals surface area contributed by atoms with E-state index in [2.05, 4.69) is 9.97 Å². The Bertz CT molecular complexity index is 833. The number of nitrogens with two attached hydrogens (primary N) is 2. The van der Waals surface area contributed by atoms with Crippen LogP contribution in [-0.4, -0.2) is 21.5 Å².